The molecule has 3 N–H and O–H groups in total. The summed E-state index contributed by atoms with van der Waals surface area (Å²) in [5.74, 6) is -0.345. The molecule has 6 heteroatoms. The molecule has 25 heavy (non-hydrogen) atoms. The molecule has 0 unspecified atom stereocenters. The maximum atomic E-state index is 12.8. The van der Waals surface area contributed by atoms with Gasteiger partial charge in [0.05, 0.1) is 7.11 Å². The molecular formula is C19H29N3O3. The molecule has 1 aliphatic heterocycles. The van der Waals surface area contributed by atoms with Gasteiger partial charge in [0.1, 0.15) is 5.75 Å². The molecule has 0 radical (unpaired) electrons. The minimum absolute atomic E-state index is 0.0245. The number of amides is 2. The number of likely N-dealkylation sites (tertiary alicyclic amines) is 1. The van der Waals surface area contributed by atoms with Crippen molar-refractivity contribution in [2.24, 2.45) is 5.73 Å². The van der Waals surface area contributed by atoms with Gasteiger partial charge in [0.15, 0.2) is 0 Å². The fourth-order valence-corrected chi connectivity index (χ4v) is 4.01. The summed E-state index contributed by atoms with van der Waals surface area (Å²) in [6.07, 6.45) is 1.35. The highest BCUT2D eigenvalue weighted by Gasteiger charge is 2.48. The zero-order valence-corrected chi connectivity index (χ0v) is 15.8. The third-order valence-corrected chi connectivity index (χ3v) is 4.74. The van der Waals surface area contributed by atoms with E-state index in [1.54, 1.807) is 12.0 Å². The first-order valence-corrected chi connectivity index (χ1v) is 8.58. The molecule has 0 bridgehead atoms. The number of carbonyl (C=O) groups is 2. The van der Waals surface area contributed by atoms with Gasteiger partial charge in [-0.15, -0.1) is 0 Å². The lowest BCUT2D eigenvalue weighted by Gasteiger charge is -2.54. The van der Waals surface area contributed by atoms with Gasteiger partial charge in [-0.05, 0) is 58.2 Å². The van der Waals surface area contributed by atoms with Crippen molar-refractivity contribution in [3.05, 3.63) is 29.8 Å². The number of methoxy groups -OCH3 is 1. The Hall–Kier alpha value is -2.08. The van der Waals surface area contributed by atoms with Gasteiger partial charge >= 0.3 is 11.8 Å². The van der Waals surface area contributed by atoms with E-state index in [-0.39, 0.29) is 6.04 Å². The Morgan fingerprint density at radius 3 is 2.16 bits per heavy atom. The number of nitrogens with one attached hydrogen (secondary N) is 1. The fraction of sp³-hybridized carbons (Fsp3) is 0.579. The Bertz CT molecular complexity index is 620. The van der Waals surface area contributed by atoms with Crippen LogP contribution in [0.5, 0.6) is 5.75 Å². The van der Waals surface area contributed by atoms with Crippen molar-refractivity contribution in [2.45, 2.75) is 64.2 Å². The van der Waals surface area contributed by atoms with E-state index in [4.69, 9.17) is 10.5 Å². The molecule has 0 saturated carbocycles. The lowest BCUT2D eigenvalue weighted by atomic mass is 9.77. The van der Waals surface area contributed by atoms with Crippen LogP contribution < -0.4 is 15.8 Å². The molecule has 1 saturated heterocycles. The van der Waals surface area contributed by atoms with Crippen LogP contribution >= 0.6 is 0 Å². The van der Waals surface area contributed by atoms with Crippen molar-refractivity contribution < 1.29 is 14.3 Å². The van der Waals surface area contributed by atoms with E-state index in [0.717, 1.165) is 11.3 Å². The molecule has 0 aromatic heterocycles. The number of nitrogens with zero attached hydrogens (tertiary/aromatic N) is 1. The standard InChI is InChI=1S/C19H29N3O3/c1-18(2)10-14(20)11-19(3,4)22(18)17(24)16(23)21-12-13-6-8-15(25-5)9-7-13/h6-9,14H,10-12,20H2,1-5H3,(H,21,23). The largest absolute Gasteiger partial charge is 0.497 e. The topological polar surface area (TPSA) is 84.7 Å². The minimum Gasteiger partial charge on any atom is -0.497 e. The van der Waals surface area contributed by atoms with Crippen molar-refractivity contribution in [1.82, 2.24) is 10.2 Å². The first-order chi connectivity index (χ1) is 11.6. The zero-order chi connectivity index (χ0) is 18.8. The van der Waals surface area contributed by atoms with E-state index in [2.05, 4.69) is 5.32 Å². The molecule has 0 aliphatic carbocycles. The molecule has 1 aliphatic rings. The van der Waals surface area contributed by atoms with Gasteiger partial charge in [-0.3, -0.25) is 9.59 Å². The average Bonchev–Trinajstić information content (AvgIpc) is 2.50. The summed E-state index contributed by atoms with van der Waals surface area (Å²) in [6, 6.07) is 7.38. The molecule has 2 rings (SSSR count). The number of carbonyl (C=O) groups excluding carboxylic acids is 2. The Labute approximate surface area is 149 Å². The number of ether oxygens (including phenoxy) is 1. The van der Waals surface area contributed by atoms with Gasteiger partial charge in [-0.25, -0.2) is 0 Å². The lowest BCUT2D eigenvalue weighted by Crippen LogP contribution is -2.67. The molecule has 0 atom stereocenters. The van der Waals surface area contributed by atoms with Crippen molar-refractivity contribution in [2.75, 3.05) is 7.11 Å². The molecule has 1 aromatic rings. The van der Waals surface area contributed by atoms with Crippen LogP contribution in [0.15, 0.2) is 24.3 Å². The van der Waals surface area contributed by atoms with E-state index in [9.17, 15) is 9.59 Å². The van der Waals surface area contributed by atoms with Crippen LogP contribution in [0, 0.1) is 0 Å². The molecule has 2 amide bonds. The highest BCUT2D eigenvalue weighted by Crippen LogP contribution is 2.37. The quantitative estimate of drug-likeness (QED) is 0.817. The second-order valence-corrected chi connectivity index (χ2v) is 7.96. The minimum atomic E-state index is -0.590. The SMILES string of the molecule is COc1ccc(CNC(=O)C(=O)N2C(C)(C)CC(N)CC2(C)C)cc1. The first-order valence-electron chi connectivity index (χ1n) is 8.58. The van der Waals surface area contributed by atoms with Crippen molar-refractivity contribution in [3.63, 3.8) is 0 Å². The van der Waals surface area contributed by atoms with E-state index >= 15 is 0 Å². The molecule has 1 heterocycles. The van der Waals surface area contributed by atoms with Crippen LogP contribution in [0.4, 0.5) is 0 Å². The van der Waals surface area contributed by atoms with E-state index in [1.165, 1.54) is 0 Å². The maximum Gasteiger partial charge on any atom is 0.312 e. The average molecular weight is 347 g/mol. The Morgan fingerprint density at radius 2 is 1.68 bits per heavy atom. The molecule has 1 aromatic carbocycles. The summed E-state index contributed by atoms with van der Waals surface area (Å²) >= 11 is 0. The van der Waals surface area contributed by atoms with Gasteiger partial charge in [-0.2, -0.15) is 0 Å². The zero-order valence-electron chi connectivity index (χ0n) is 15.8. The summed E-state index contributed by atoms with van der Waals surface area (Å²) in [5.41, 5.74) is 6.11. The third-order valence-electron chi connectivity index (χ3n) is 4.74. The predicted octanol–water partition coefficient (Wildman–Crippen LogP) is 1.82. The van der Waals surface area contributed by atoms with E-state index in [1.807, 2.05) is 52.0 Å². The first kappa shape index (κ1) is 19.2. The Kier molecular flexibility index (Phi) is 5.42. The number of hydrogen-bond donors (Lipinski definition) is 2. The van der Waals surface area contributed by atoms with Gasteiger partial charge < -0.3 is 20.7 Å². The van der Waals surface area contributed by atoms with Crippen LogP contribution in [0.25, 0.3) is 0 Å². The number of hydrogen-bond acceptors (Lipinski definition) is 4. The number of benzene rings is 1. The summed E-state index contributed by atoms with van der Waals surface area (Å²) in [4.78, 5) is 26.9. The smallest absolute Gasteiger partial charge is 0.312 e. The number of nitrogens with two attached hydrogens (primary N) is 1. The number of piperidine rings is 1. The summed E-state index contributed by atoms with van der Waals surface area (Å²) in [5, 5.41) is 2.72. The fourth-order valence-electron chi connectivity index (χ4n) is 4.01. The van der Waals surface area contributed by atoms with Gasteiger partial charge in [0.25, 0.3) is 0 Å². The highest BCUT2D eigenvalue weighted by molar-refractivity contribution is 6.35. The van der Waals surface area contributed by atoms with Crippen molar-refractivity contribution in [1.29, 1.82) is 0 Å². The van der Waals surface area contributed by atoms with Crippen molar-refractivity contribution >= 4 is 11.8 Å². The third kappa shape index (κ3) is 4.31. The van der Waals surface area contributed by atoms with Gasteiger partial charge in [0, 0.05) is 23.7 Å². The van der Waals surface area contributed by atoms with Crippen molar-refractivity contribution in [3.8, 4) is 5.75 Å². The molecule has 6 nitrogen and oxygen atoms in total. The molecule has 0 spiro atoms. The van der Waals surface area contributed by atoms with E-state index in [0.29, 0.717) is 19.4 Å². The molecule has 1 fully saturated rings. The number of rotatable bonds is 3. The predicted molar refractivity (Wildman–Crippen MR) is 97.1 cm³/mol. The Balaban J connectivity index is 2.06. The second kappa shape index (κ2) is 7.04. The lowest BCUT2D eigenvalue weighted by molar-refractivity contribution is -0.159. The molecular weight excluding hydrogens is 318 g/mol. The summed E-state index contributed by atoms with van der Waals surface area (Å²) < 4.78 is 5.11. The normalized spacial score (nSPS) is 19.4. The van der Waals surface area contributed by atoms with Gasteiger partial charge in [0.2, 0.25) is 0 Å². The maximum absolute atomic E-state index is 12.8. The highest BCUT2D eigenvalue weighted by atomic mass is 16.5. The molecule has 138 valence electrons. The Morgan fingerprint density at radius 1 is 1.16 bits per heavy atom. The van der Waals surface area contributed by atoms with Crippen LogP contribution in [0.2, 0.25) is 0 Å². The van der Waals surface area contributed by atoms with Gasteiger partial charge in [-0.1, -0.05) is 12.1 Å². The van der Waals surface area contributed by atoms with Crippen LogP contribution in [-0.4, -0.2) is 40.9 Å². The van der Waals surface area contributed by atoms with Crippen LogP contribution in [-0.2, 0) is 16.1 Å². The monoisotopic (exact) mass is 347 g/mol. The van der Waals surface area contributed by atoms with Crippen LogP contribution in [0.1, 0.15) is 46.1 Å². The summed E-state index contributed by atoms with van der Waals surface area (Å²) in [7, 11) is 1.60. The van der Waals surface area contributed by atoms with E-state index < -0.39 is 22.9 Å². The summed E-state index contributed by atoms with van der Waals surface area (Å²) in [6.45, 7) is 8.14. The van der Waals surface area contributed by atoms with Crippen LogP contribution in [0.3, 0.4) is 0 Å². The second-order valence-electron chi connectivity index (χ2n) is 7.96.